The van der Waals surface area contributed by atoms with Crippen LogP contribution in [0.1, 0.15) is 44.1 Å². The zero-order chi connectivity index (χ0) is 22.2. The highest BCUT2D eigenvalue weighted by atomic mass is 16.3. The molecule has 1 N–H and O–H groups in total. The molecule has 2 atom stereocenters. The Labute approximate surface area is 177 Å². The molecule has 0 radical (unpaired) electrons. The highest BCUT2D eigenvalue weighted by molar-refractivity contribution is 6.30. The predicted octanol–water partition coefficient (Wildman–Crippen LogP) is 2.49. The molecule has 0 fully saturated rings. The van der Waals surface area contributed by atoms with E-state index < -0.39 is 23.1 Å². The number of aromatic nitrogens is 2. The second-order valence-corrected chi connectivity index (χ2v) is 8.31. The number of benzene rings is 2. The van der Waals surface area contributed by atoms with Gasteiger partial charge in [-0.1, -0.05) is 36.4 Å². The van der Waals surface area contributed by atoms with Crippen molar-refractivity contribution in [2.45, 2.75) is 19.8 Å². The van der Waals surface area contributed by atoms with Crippen molar-refractivity contribution in [1.82, 2.24) is 9.13 Å². The number of aromatic hydroxyl groups is 1. The average Bonchev–Trinajstić information content (AvgIpc) is 3.05. The fourth-order valence-corrected chi connectivity index (χ4v) is 4.90. The number of Topliss-reactive ketones (excluding diaryl/α,β-unsaturated/α-hetero) is 1. The number of carbonyl (C=O) groups excluding carboxylic acids is 1. The molecule has 7 heteroatoms. The summed E-state index contributed by atoms with van der Waals surface area (Å²) >= 11 is 0. The summed E-state index contributed by atoms with van der Waals surface area (Å²) in [6.45, 7) is 3.57. The van der Waals surface area contributed by atoms with E-state index in [4.69, 9.17) is 4.99 Å². The third-order valence-electron chi connectivity index (χ3n) is 6.46. The van der Waals surface area contributed by atoms with Gasteiger partial charge in [-0.25, -0.2) is 9.79 Å². The summed E-state index contributed by atoms with van der Waals surface area (Å²) in [6.07, 6.45) is 0. The Morgan fingerprint density at radius 1 is 0.903 bits per heavy atom. The lowest BCUT2D eigenvalue weighted by molar-refractivity contribution is 0.0953. The molecule has 5 rings (SSSR count). The number of nitrogens with zero attached hydrogens (tertiary/aromatic N) is 3. The summed E-state index contributed by atoms with van der Waals surface area (Å²) < 4.78 is 2.41. The van der Waals surface area contributed by atoms with Crippen LogP contribution < -0.4 is 11.2 Å². The van der Waals surface area contributed by atoms with E-state index in [9.17, 15) is 19.5 Å². The summed E-state index contributed by atoms with van der Waals surface area (Å²) in [5, 5.41) is 10.3. The van der Waals surface area contributed by atoms with Gasteiger partial charge in [-0.3, -0.25) is 18.7 Å². The molecule has 2 aliphatic rings. The maximum atomic E-state index is 13.5. The highest BCUT2D eigenvalue weighted by Crippen LogP contribution is 2.47. The third kappa shape index (κ3) is 2.46. The van der Waals surface area contributed by atoms with Crippen LogP contribution in [0.5, 0.6) is 5.75 Å². The Hall–Kier alpha value is -3.74. The van der Waals surface area contributed by atoms with Crippen molar-refractivity contribution in [2.75, 3.05) is 0 Å². The highest BCUT2D eigenvalue weighted by Gasteiger charge is 2.47. The van der Waals surface area contributed by atoms with E-state index in [0.29, 0.717) is 28.0 Å². The Morgan fingerprint density at radius 2 is 1.52 bits per heavy atom. The number of phenolic OH excluding ortho intramolecular Hbond substituents is 1. The smallest absolute Gasteiger partial charge is 0.332 e. The molecule has 2 unspecified atom stereocenters. The van der Waals surface area contributed by atoms with Gasteiger partial charge in [-0.05, 0) is 30.5 Å². The maximum absolute atomic E-state index is 13.5. The number of hydrogen-bond donors (Lipinski definition) is 1. The van der Waals surface area contributed by atoms with Crippen LogP contribution in [0.3, 0.4) is 0 Å². The monoisotopic (exact) mass is 415 g/mol. The van der Waals surface area contributed by atoms with Crippen LogP contribution in [-0.2, 0) is 14.1 Å². The van der Waals surface area contributed by atoms with Crippen LogP contribution in [0.15, 0.2) is 51.0 Å². The quantitative estimate of drug-likeness (QED) is 0.661. The van der Waals surface area contributed by atoms with Gasteiger partial charge in [0, 0.05) is 31.1 Å². The molecule has 0 saturated carbocycles. The fraction of sp³-hybridized carbons (Fsp3) is 0.250. The van der Waals surface area contributed by atoms with Gasteiger partial charge in [0.1, 0.15) is 11.6 Å². The normalized spacial score (nSPS) is 19.0. The van der Waals surface area contributed by atoms with Crippen molar-refractivity contribution in [3.8, 4) is 5.75 Å². The van der Waals surface area contributed by atoms with Gasteiger partial charge in [0.05, 0.1) is 17.2 Å². The molecule has 31 heavy (non-hydrogen) atoms. The zero-order valence-electron chi connectivity index (χ0n) is 17.6. The van der Waals surface area contributed by atoms with E-state index in [-0.39, 0.29) is 17.4 Å². The number of phenols is 1. The molecular weight excluding hydrogens is 394 g/mol. The number of fused-ring (bicyclic) bond motifs is 4. The standard InChI is InChI=1S/C24H21N3O4/c1-11-9-13(10-12(2)20(11)28)16-17-19(14-7-5-6-8-15(14)21(17)29)25-22-18(16)23(30)27(4)24(31)26(22)3/h5-10,16-17,28H,1-4H3. The molecule has 1 aliphatic heterocycles. The van der Waals surface area contributed by atoms with Crippen LogP contribution in [0.4, 0.5) is 5.82 Å². The summed E-state index contributed by atoms with van der Waals surface area (Å²) in [7, 11) is 3.01. The summed E-state index contributed by atoms with van der Waals surface area (Å²) in [4.78, 5) is 44.1. The van der Waals surface area contributed by atoms with E-state index in [1.165, 1.54) is 11.6 Å². The van der Waals surface area contributed by atoms with E-state index in [1.54, 1.807) is 45.2 Å². The lowest BCUT2D eigenvalue weighted by atomic mass is 9.76. The van der Waals surface area contributed by atoms with E-state index in [2.05, 4.69) is 0 Å². The minimum absolute atomic E-state index is 0.0933. The van der Waals surface area contributed by atoms with Crippen molar-refractivity contribution < 1.29 is 9.90 Å². The zero-order valence-corrected chi connectivity index (χ0v) is 17.6. The van der Waals surface area contributed by atoms with E-state index in [1.807, 2.05) is 12.1 Å². The molecule has 1 aromatic heterocycles. The molecule has 7 nitrogen and oxygen atoms in total. The molecular formula is C24H21N3O4. The van der Waals surface area contributed by atoms with Gasteiger partial charge in [0.15, 0.2) is 5.78 Å². The van der Waals surface area contributed by atoms with Gasteiger partial charge < -0.3 is 5.11 Å². The number of ketones is 1. The first-order chi connectivity index (χ1) is 14.7. The van der Waals surface area contributed by atoms with Gasteiger partial charge in [0.2, 0.25) is 0 Å². The first-order valence-corrected chi connectivity index (χ1v) is 10.0. The Balaban J connectivity index is 1.92. The SMILES string of the molecule is Cc1cc(C2c3c(n(C)c(=O)n(C)c3=O)N=C3c4ccccc4C(=O)C32)cc(C)c1O. The molecule has 3 aromatic rings. The van der Waals surface area contributed by atoms with E-state index in [0.717, 1.165) is 15.7 Å². The van der Waals surface area contributed by atoms with Crippen molar-refractivity contribution in [2.24, 2.45) is 25.0 Å². The topological polar surface area (TPSA) is 93.7 Å². The first kappa shape index (κ1) is 19.2. The van der Waals surface area contributed by atoms with Gasteiger partial charge in [-0.15, -0.1) is 0 Å². The van der Waals surface area contributed by atoms with Crippen molar-refractivity contribution in [1.29, 1.82) is 0 Å². The summed E-state index contributed by atoms with van der Waals surface area (Å²) in [6, 6.07) is 10.9. The van der Waals surface area contributed by atoms with Crippen LogP contribution in [0, 0.1) is 19.8 Å². The molecule has 0 bridgehead atoms. The number of aliphatic imine (C=N–C) groups is 1. The number of hydrogen-bond acceptors (Lipinski definition) is 5. The lowest BCUT2D eigenvalue weighted by Gasteiger charge is -2.30. The van der Waals surface area contributed by atoms with Crippen LogP contribution in [0.25, 0.3) is 0 Å². The molecule has 156 valence electrons. The Morgan fingerprint density at radius 3 is 2.16 bits per heavy atom. The van der Waals surface area contributed by atoms with Crippen LogP contribution in [0.2, 0.25) is 0 Å². The lowest BCUT2D eigenvalue weighted by Crippen LogP contribution is -2.43. The second kappa shape index (κ2) is 6.38. The Bertz CT molecular complexity index is 1440. The first-order valence-electron chi connectivity index (χ1n) is 10.0. The second-order valence-electron chi connectivity index (χ2n) is 8.31. The Kier molecular flexibility index (Phi) is 3.96. The van der Waals surface area contributed by atoms with Crippen LogP contribution >= 0.6 is 0 Å². The van der Waals surface area contributed by atoms with Crippen molar-refractivity contribution >= 4 is 17.3 Å². The average molecular weight is 415 g/mol. The van der Waals surface area contributed by atoms with Gasteiger partial charge >= 0.3 is 5.69 Å². The minimum atomic E-state index is -0.668. The number of aryl methyl sites for hydroxylation is 2. The third-order valence-corrected chi connectivity index (χ3v) is 6.46. The molecule has 0 saturated heterocycles. The number of carbonyl (C=O) groups is 1. The van der Waals surface area contributed by atoms with Crippen LogP contribution in [-0.4, -0.2) is 25.7 Å². The van der Waals surface area contributed by atoms with Gasteiger partial charge in [0.25, 0.3) is 5.56 Å². The maximum Gasteiger partial charge on any atom is 0.332 e. The largest absolute Gasteiger partial charge is 0.507 e. The number of rotatable bonds is 1. The van der Waals surface area contributed by atoms with E-state index >= 15 is 0 Å². The van der Waals surface area contributed by atoms with Gasteiger partial charge in [-0.2, -0.15) is 0 Å². The van der Waals surface area contributed by atoms with Crippen molar-refractivity contribution in [3.63, 3.8) is 0 Å². The van der Waals surface area contributed by atoms with Crippen molar-refractivity contribution in [3.05, 3.63) is 90.6 Å². The summed E-state index contributed by atoms with van der Waals surface area (Å²) in [5.41, 5.74) is 3.32. The summed E-state index contributed by atoms with van der Waals surface area (Å²) in [5.74, 6) is -0.922. The molecule has 2 heterocycles. The fourth-order valence-electron chi connectivity index (χ4n) is 4.90. The predicted molar refractivity (Wildman–Crippen MR) is 117 cm³/mol. The molecule has 0 spiro atoms. The molecule has 1 aliphatic carbocycles. The minimum Gasteiger partial charge on any atom is -0.507 e. The molecule has 0 amide bonds. The molecule has 2 aromatic carbocycles.